The van der Waals surface area contributed by atoms with E-state index < -0.39 is 24.4 Å². The van der Waals surface area contributed by atoms with Gasteiger partial charge in [0.2, 0.25) is 0 Å². The van der Waals surface area contributed by atoms with E-state index in [9.17, 15) is 19.2 Å². The maximum Gasteiger partial charge on any atom is 0.417 e. The van der Waals surface area contributed by atoms with Gasteiger partial charge in [-0.05, 0) is 151 Å². The van der Waals surface area contributed by atoms with E-state index in [4.69, 9.17) is 18.9 Å². The molecule has 4 N–H and O–H groups in total. The predicted octanol–water partition coefficient (Wildman–Crippen LogP) is 17.6. The normalized spacial score (nSPS) is 13.2. The zero-order valence-electron chi connectivity index (χ0n) is 43.8. The molecule has 12 nitrogen and oxygen atoms in total. The van der Waals surface area contributed by atoms with Crippen LogP contribution in [0.5, 0.6) is 23.0 Å². The molecule has 7 aliphatic rings. The standard InChI is InChI=1S/C70H48N4O8/c75-67-71-51-29-17-43(18-30-51)41-45-21-33-53(34-22-45)73-69(77)81-61-39-27-49-11-3-7-15-57(49)65(61)66-58-16-8-4-12-50(58)28-40-62(66)82-70(78)74-54-35-23-46(24-36-54)42-44-19-31-52(32-20-44)72-68(76)80-60-38-26-48-10-2-6-14-56(48)64(60)63-55-13-5-1-9-47(55)25-37-59(63)79-67/h1-40H,41-42H2,(H,71,75)(H,72,76)(H,73,77)(H,74,78). The van der Waals surface area contributed by atoms with E-state index in [1.54, 1.807) is 24.3 Å². The van der Waals surface area contributed by atoms with Crippen LogP contribution in [0.25, 0.3) is 65.3 Å². The fourth-order valence-electron chi connectivity index (χ4n) is 10.6. The zero-order chi connectivity index (χ0) is 55.5. The monoisotopic (exact) mass is 1070 g/mol. The van der Waals surface area contributed by atoms with Crippen molar-refractivity contribution >= 4 is 90.2 Å². The Kier molecular flexibility index (Phi) is 13.4. The van der Waals surface area contributed by atoms with Gasteiger partial charge in [-0.25, -0.2) is 19.2 Å². The Bertz CT molecular complexity index is 3900. The second-order valence-corrected chi connectivity index (χ2v) is 19.8. The molecule has 0 saturated heterocycles. The van der Waals surface area contributed by atoms with Crippen molar-refractivity contribution in [1.29, 1.82) is 0 Å². The Hall–Kier alpha value is -11.2. The van der Waals surface area contributed by atoms with E-state index in [1.165, 1.54) is 0 Å². The number of amides is 4. The largest absolute Gasteiger partial charge is 0.417 e. The number of fused-ring (bicyclic) bond motifs is 4. The first-order chi connectivity index (χ1) is 40.2. The summed E-state index contributed by atoms with van der Waals surface area (Å²) in [5.41, 5.74) is 8.27. The van der Waals surface area contributed by atoms with Crippen molar-refractivity contribution in [3.05, 3.63) is 265 Å². The van der Waals surface area contributed by atoms with Gasteiger partial charge in [-0.2, -0.15) is 0 Å². The van der Waals surface area contributed by atoms with Gasteiger partial charge in [-0.1, -0.05) is 170 Å². The van der Waals surface area contributed by atoms with Crippen molar-refractivity contribution in [2.75, 3.05) is 21.3 Å². The smallest absolute Gasteiger partial charge is 0.409 e. The third-order valence-corrected chi connectivity index (χ3v) is 14.5. The summed E-state index contributed by atoms with van der Waals surface area (Å²) in [7, 11) is 0. The Morgan fingerprint density at radius 3 is 0.659 bits per heavy atom. The summed E-state index contributed by atoms with van der Waals surface area (Å²) in [6.45, 7) is 0. The molecule has 0 fully saturated rings. The van der Waals surface area contributed by atoms with Crippen molar-refractivity contribution in [3.63, 3.8) is 0 Å². The molecular formula is C70H48N4O8. The van der Waals surface area contributed by atoms with Gasteiger partial charge in [0.05, 0.1) is 0 Å². The lowest BCUT2D eigenvalue weighted by atomic mass is 9.92. The summed E-state index contributed by atoms with van der Waals surface area (Å²) in [4.78, 5) is 55.6. The van der Waals surface area contributed by atoms with Gasteiger partial charge >= 0.3 is 24.4 Å². The van der Waals surface area contributed by atoms with E-state index in [1.807, 2.05) is 218 Å². The molecule has 7 aliphatic heterocycles. The van der Waals surface area contributed by atoms with Gasteiger partial charge in [0.15, 0.2) is 0 Å². The number of ether oxygens (including phenoxy) is 4. The van der Waals surface area contributed by atoms with Crippen LogP contribution in [0.4, 0.5) is 41.9 Å². The molecule has 0 aliphatic carbocycles. The minimum atomic E-state index is -0.710. The van der Waals surface area contributed by atoms with Crippen molar-refractivity contribution in [2.45, 2.75) is 12.8 Å². The van der Waals surface area contributed by atoms with E-state index in [0.29, 0.717) is 57.8 Å². The van der Waals surface area contributed by atoms with Gasteiger partial charge < -0.3 is 18.9 Å². The maximum atomic E-state index is 13.9. The van der Waals surface area contributed by atoms with Gasteiger partial charge in [-0.3, -0.25) is 21.3 Å². The van der Waals surface area contributed by atoms with Crippen LogP contribution < -0.4 is 40.2 Å². The average molecular weight is 1070 g/mol. The molecule has 0 atom stereocenters. The van der Waals surface area contributed by atoms with Crippen molar-refractivity contribution in [1.82, 2.24) is 0 Å². The van der Waals surface area contributed by atoms with Crippen LogP contribution in [0.3, 0.4) is 0 Å². The summed E-state index contributed by atoms with van der Waals surface area (Å²) in [6.07, 6.45) is -1.71. The number of nitrogens with one attached hydrogen (secondary N) is 4. The van der Waals surface area contributed by atoms with Gasteiger partial charge in [0.1, 0.15) is 23.0 Å². The first kappa shape index (κ1) is 50.3. The number of hydrogen-bond acceptors (Lipinski definition) is 8. The highest BCUT2D eigenvalue weighted by Crippen LogP contribution is 2.48. The molecule has 0 unspecified atom stereocenters. The topological polar surface area (TPSA) is 153 Å². The Morgan fingerprint density at radius 2 is 0.439 bits per heavy atom. The quantitative estimate of drug-likeness (QED) is 0.117. The summed E-state index contributed by atoms with van der Waals surface area (Å²) in [6, 6.07) is 75.5. The third-order valence-electron chi connectivity index (χ3n) is 14.5. The van der Waals surface area contributed by atoms with E-state index in [0.717, 1.165) is 65.3 Å². The first-order valence-corrected chi connectivity index (χ1v) is 26.6. The van der Waals surface area contributed by atoms with Gasteiger partial charge in [-0.15, -0.1) is 0 Å². The second kappa shape index (κ2) is 21.9. The molecule has 0 saturated carbocycles. The summed E-state index contributed by atoms with van der Waals surface area (Å²) in [5.74, 6) is 1.04. The molecule has 82 heavy (non-hydrogen) atoms. The van der Waals surface area contributed by atoms with E-state index in [-0.39, 0.29) is 23.0 Å². The molecule has 19 rings (SSSR count). The fourth-order valence-corrected chi connectivity index (χ4v) is 10.6. The molecule has 396 valence electrons. The number of carbonyl (C=O) groups excluding carboxylic acids is 4. The third kappa shape index (κ3) is 10.6. The van der Waals surface area contributed by atoms with Crippen LogP contribution in [-0.4, -0.2) is 24.4 Å². The second-order valence-electron chi connectivity index (χ2n) is 19.8. The lowest BCUT2D eigenvalue weighted by molar-refractivity contribution is 0.213. The van der Waals surface area contributed by atoms with Crippen LogP contribution in [0, 0.1) is 0 Å². The van der Waals surface area contributed by atoms with Crippen LogP contribution >= 0.6 is 0 Å². The Morgan fingerprint density at radius 1 is 0.232 bits per heavy atom. The lowest BCUT2D eigenvalue weighted by Crippen LogP contribution is -2.18. The summed E-state index contributed by atoms with van der Waals surface area (Å²) >= 11 is 0. The molecular weight excluding hydrogens is 1020 g/mol. The molecule has 12 heteroatoms. The van der Waals surface area contributed by atoms with Crippen LogP contribution in [-0.2, 0) is 12.8 Å². The zero-order valence-corrected chi connectivity index (χ0v) is 43.8. The van der Waals surface area contributed by atoms with E-state index in [2.05, 4.69) is 21.3 Å². The molecule has 0 radical (unpaired) electrons. The molecule has 7 heterocycles. The SMILES string of the molecule is O=C1Nc2ccc(cc2)Cc2ccc(cc2)NC(=O)Oc2ccc3ccccc3c2-c2c(ccc3ccccc23)OC(=O)Nc2ccc(cc2)Cc2ccc(cc2)NC(=O)Oc2ccc3ccccc3c2-c2c(ccc3ccccc23)O1. The highest BCUT2D eigenvalue weighted by molar-refractivity contribution is 6.13. The summed E-state index contributed by atoms with van der Waals surface area (Å²) < 4.78 is 24.7. The van der Waals surface area contributed by atoms with Gasteiger partial charge in [0, 0.05) is 45.0 Å². The number of carbonyl (C=O) groups is 4. The van der Waals surface area contributed by atoms with Gasteiger partial charge in [0.25, 0.3) is 0 Å². The van der Waals surface area contributed by atoms with Crippen molar-refractivity contribution < 1.29 is 38.1 Å². The Balaban J connectivity index is 0.834. The molecule has 0 aromatic heterocycles. The van der Waals surface area contributed by atoms with Crippen LogP contribution in [0.1, 0.15) is 22.3 Å². The van der Waals surface area contributed by atoms with Crippen LogP contribution in [0.15, 0.2) is 243 Å². The van der Waals surface area contributed by atoms with Crippen molar-refractivity contribution in [3.8, 4) is 45.3 Å². The predicted molar refractivity (Wildman–Crippen MR) is 324 cm³/mol. The number of hydrogen-bond donors (Lipinski definition) is 4. The van der Waals surface area contributed by atoms with E-state index >= 15 is 0 Å². The molecule has 12 aromatic rings. The molecule has 0 spiro atoms. The number of anilines is 4. The highest BCUT2D eigenvalue weighted by Gasteiger charge is 2.25. The molecule has 4 amide bonds. The number of benzene rings is 12. The lowest BCUT2D eigenvalue weighted by Gasteiger charge is -2.19. The Labute approximate surface area is 470 Å². The average Bonchev–Trinajstić information content (AvgIpc) is 2.42. The minimum Gasteiger partial charge on any atom is -0.409 e. The van der Waals surface area contributed by atoms with Crippen molar-refractivity contribution in [2.24, 2.45) is 0 Å². The van der Waals surface area contributed by atoms with Crippen LogP contribution in [0.2, 0.25) is 0 Å². The molecule has 8 bridgehead atoms. The first-order valence-electron chi connectivity index (χ1n) is 26.6. The minimum absolute atomic E-state index is 0.261. The fraction of sp³-hybridized carbons (Fsp3) is 0.0286. The number of rotatable bonds is 0. The maximum absolute atomic E-state index is 13.9. The summed E-state index contributed by atoms with van der Waals surface area (Å²) in [5, 5.41) is 18.3. The molecule has 12 aromatic carbocycles. The highest BCUT2D eigenvalue weighted by atomic mass is 16.6.